The lowest BCUT2D eigenvalue weighted by molar-refractivity contribution is 1.33. The van der Waals surface area contributed by atoms with Crippen LogP contribution < -0.4 is 0 Å². The maximum absolute atomic E-state index is 8.04. The third kappa shape index (κ3) is 1.73. The van der Waals surface area contributed by atoms with Crippen molar-refractivity contribution < 1.29 is 2.74 Å². The van der Waals surface area contributed by atoms with E-state index in [2.05, 4.69) is 42.2 Å². The van der Waals surface area contributed by atoms with Gasteiger partial charge >= 0.3 is 0 Å². The molecule has 0 saturated heterocycles. The van der Waals surface area contributed by atoms with E-state index in [9.17, 15) is 0 Å². The summed E-state index contributed by atoms with van der Waals surface area (Å²) in [6.07, 6.45) is 1.59. The van der Waals surface area contributed by atoms with Crippen LogP contribution in [0.25, 0.3) is 31.4 Å². The Labute approximate surface area is 124 Å². The fraction of sp³-hybridized carbons (Fsp3) is 0.0556. The highest BCUT2D eigenvalue weighted by molar-refractivity contribution is 7.26. The van der Waals surface area contributed by atoms with E-state index < -0.39 is 0 Å². The second-order valence-corrected chi connectivity index (χ2v) is 5.88. The van der Waals surface area contributed by atoms with Crippen LogP contribution in [0, 0.1) is 6.92 Å². The van der Waals surface area contributed by atoms with Gasteiger partial charge in [0.15, 0.2) is 0 Å². The first-order valence-electron chi connectivity index (χ1n) is 7.49. The SMILES string of the molecule is [2H]c1ccnc(-c2ccc3c(c2)sc2c(C)cccc23)c1[2H]. The number of pyridine rings is 1. The highest BCUT2D eigenvalue weighted by atomic mass is 32.1. The Balaban J connectivity index is 2.00. The molecule has 0 aliphatic rings. The van der Waals surface area contributed by atoms with Crippen LogP contribution in [0.1, 0.15) is 8.30 Å². The van der Waals surface area contributed by atoms with Crippen molar-refractivity contribution in [2.24, 2.45) is 0 Å². The molecule has 0 aliphatic heterocycles. The van der Waals surface area contributed by atoms with E-state index in [1.165, 1.54) is 25.7 Å². The number of rotatable bonds is 1. The number of aromatic nitrogens is 1. The molecule has 0 aliphatic carbocycles. The Morgan fingerprint density at radius 2 is 2.05 bits per heavy atom. The van der Waals surface area contributed by atoms with Crippen molar-refractivity contribution in [2.75, 3.05) is 0 Å². The van der Waals surface area contributed by atoms with Crippen LogP contribution >= 0.6 is 11.3 Å². The molecule has 0 bridgehead atoms. The Bertz CT molecular complexity index is 1020. The van der Waals surface area contributed by atoms with Crippen molar-refractivity contribution in [1.29, 1.82) is 0 Å². The number of thiophene rings is 1. The Morgan fingerprint density at radius 1 is 1.10 bits per heavy atom. The first-order valence-corrected chi connectivity index (χ1v) is 7.31. The van der Waals surface area contributed by atoms with Gasteiger partial charge < -0.3 is 0 Å². The lowest BCUT2D eigenvalue weighted by atomic mass is 10.1. The molecule has 20 heavy (non-hydrogen) atoms. The second-order valence-electron chi connectivity index (χ2n) is 4.83. The molecule has 2 heterocycles. The van der Waals surface area contributed by atoms with Crippen molar-refractivity contribution in [1.82, 2.24) is 4.98 Å². The predicted molar refractivity (Wildman–Crippen MR) is 87.3 cm³/mol. The standard InChI is InChI=1S/C18H13NS/c1-12-5-4-6-15-14-9-8-13(11-17(14)20-18(12)15)16-7-2-3-10-19-16/h2-11H,1H3/i2D,7D. The van der Waals surface area contributed by atoms with Crippen molar-refractivity contribution >= 4 is 31.5 Å². The molecule has 1 nitrogen and oxygen atoms in total. The number of nitrogens with zero attached hydrogens (tertiary/aromatic N) is 1. The zero-order valence-corrected chi connectivity index (χ0v) is 11.8. The van der Waals surface area contributed by atoms with Crippen LogP contribution in [-0.2, 0) is 0 Å². The molecule has 2 aromatic heterocycles. The number of benzene rings is 2. The Hall–Kier alpha value is -2.19. The molecule has 4 rings (SSSR count). The monoisotopic (exact) mass is 277 g/mol. The van der Waals surface area contributed by atoms with Gasteiger partial charge in [-0.2, -0.15) is 0 Å². The summed E-state index contributed by atoms with van der Waals surface area (Å²) < 4.78 is 18.3. The number of aryl methyl sites for hydroxylation is 1. The topological polar surface area (TPSA) is 12.9 Å². The highest BCUT2D eigenvalue weighted by Gasteiger charge is 2.08. The molecule has 0 amide bonds. The summed E-state index contributed by atoms with van der Waals surface area (Å²) in [6.45, 7) is 2.13. The zero-order valence-electron chi connectivity index (χ0n) is 13.0. The Kier molecular flexibility index (Phi) is 2.14. The quantitative estimate of drug-likeness (QED) is 0.452. The van der Waals surface area contributed by atoms with Crippen molar-refractivity contribution in [3.8, 4) is 11.3 Å². The molecule has 96 valence electrons. The van der Waals surface area contributed by atoms with Crippen molar-refractivity contribution in [3.63, 3.8) is 0 Å². The van der Waals surface area contributed by atoms with Crippen LogP contribution in [0.15, 0.2) is 60.7 Å². The maximum atomic E-state index is 8.04. The smallest absolute Gasteiger partial charge is 0.0702 e. The molecule has 0 atom stereocenters. The van der Waals surface area contributed by atoms with E-state index in [0.29, 0.717) is 5.69 Å². The van der Waals surface area contributed by atoms with Gasteiger partial charge in [0.2, 0.25) is 0 Å². The van der Waals surface area contributed by atoms with Crippen LogP contribution in [0.2, 0.25) is 0 Å². The Morgan fingerprint density at radius 3 is 3.00 bits per heavy atom. The first-order chi connectivity index (χ1) is 10.6. The van der Waals surface area contributed by atoms with Gasteiger partial charge in [0.1, 0.15) is 0 Å². The maximum Gasteiger partial charge on any atom is 0.0702 e. The zero-order chi connectivity index (χ0) is 15.3. The van der Waals surface area contributed by atoms with Gasteiger partial charge in [-0.05, 0) is 30.7 Å². The third-order valence-electron chi connectivity index (χ3n) is 3.52. The number of fused-ring (bicyclic) bond motifs is 3. The first kappa shape index (κ1) is 9.67. The fourth-order valence-corrected chi connectivity index (χ4v) is 3.74. The van der Waals surface area contributed by atoms with Gasteiger partial charge in [-0.3, -0.25) is 4.98 Å². The molecule has 0 spiro atoms. The van der Waals surface area contributed by atoms with Crippen LogP contribution in [0.3, 0.4) is 0 Å². The minimum Gasteiger partial charge on any atom is -0.256 e. The summed E-state index contributed by atoms with van der Waals surface area (Å²) in [7, 11) is 0. The summed E-state index contributed by atoms with van der Waals surface area (Å²) >= 11 is 1.77. The summed E-state index contributed by atoms with van der Waals surface area (Å²) in [5, 5.41) is 2.51. The predicted octanol–water partition coefficient (Wildman–Crippen LogP) is 5.42. The lowest BCUT2D eigenvalue weighted by Gasteiger charge is -2.00. The lowest BCUT2D eigenvalue weighted by Crippen LogP contribution is -1.80. The molecule has 2 heteroatoms. The van der Waals surface area contributed by atoms with Gasteiger partial charge in [0.25, 0.3) is 0 Å². The van der Waals surface area contributed by atoms with Crippen LogP contribution in [-0.4, -0.2) is 4.98 Å². The van der Waals surface area contributed by atoms with Gasteiger partial charge in [-0.1, -0.05) is 36.4 Å². The van der Waals surface area contributed by atoms with Crippen molar-refractivity contribution in [2.45, 2.75) is 6.92 Å². The minimum atomic E-state index is 0.180. The molecule has 0 N–H and O–H groups in total. The average Bonchev–Trinajstić information content (AvgIpc) is 2.89. The van der Waals surface area contributed by atoms with Crippen LogP contribution in [0.5, 0.6) is 0 Å². The normalized spacial score (nSPS) is 12.7. The highest BCUT2D eigenvalue weighted by Crippen LogP contribution is 2.37. The van der Waals surface area contributed by atoms with E-state index in [1.54, 1.807) is 23.6 Å². The fourth-order valence-electron chi connectivity index (χ4n) is 2.52. The molecule has 0 radical (unpaired) electrons. The minimum absolute atomic E-state index is 0.180. The molecule has 4 aromatic rings. The molecular formula is C18H13NS. The van der Waals surface area contributed by atoms with Crippen LogP contribution in [0.4, 0.5) is 0 Å². The largest absolute Gasteiger partial charge is 0.256 e. The van der Waals surface area contributed by atoms with E-state index in [4.69, 9.17) is 2.74 Å². The van der Waals surface area contributed by atoms with Gasteiger partial charge in [-0.25, -0.2) is 0 Å². The van der Waals surface area contributed by atoms with E-state index in [1.807, 2.05) is 6.07 Å². The van der Waals surface area contributed by atoms with E-state index >= 15 is 0 Å². The summed E-state index contributed by atoms with van der Waals surface area (Å²) in [4.78, 5) is 4.28. The average molecular weight is 277 g/mol. The summed E-state index contributed by atoms with van der Waals surface area (Å²) in [5.74, 6) is 0. The van der Waals surface area contributed by atoms with E-state index in [-0.39, 0.29) is 12.1 Å². The molecule has 0 fully saturated rings. The van der Waals surface area contributed by atoms with Gasteiger partial charge in [-0.15, -0.1) is 11.3 Å². The molecule has 0 unspecified atom stereocenters. The van der Waals surface area contributed by atoms with Gasteiger partial charge in [0.05, 0.1) is 8.44 Å². The number of hydrogen-bond acceptors (Lipinski definition) is 2. The summed E-state index contributed by atoms with van der Waals surface area (Å²) in [6, 6.07) is 14.5. The summed E-state index contributed by atoms with van der Waals surface area (Å²) in [5.41, 5.74) is 2.76. The molecule has 2 aromatic carbocycles. The number of hydrogen-bond donors (Lipinski definition) is 0. The van der Waals surface area contributed by atoms with E-state index in [0.717, 1.165) is 5.56 Å². The molecular weight excluding hydrogens is 262 g/mol. The third-order valence-corrected chi connectivity index (χ3v) is 4.82. The second kappa shape index (κ2) is 4.43. The van der Waals surface area contributed by atoms with Crippen molar-refractivity contribution in [3.05, 3.63) is 66.3 Å². The molecule has 0 saturated carbocycles. The van der Waals surface area contributed by atoms with Gasteiger partial charge in [0, 0.05) is 31.9 Å².